The van der Waals surface area contributed by atoms with Gasteiger partial charge in [-0.1, -0.05) is 18.2 Å². The van der Waals surface area contributed by atoms with Gasteiger partial charge in [-0.25, -0.2) is 4.68 Å². The molecule has 0 aliphatic heterocycles. The third-order valence-corrected chi connectivity index (χ3v) is 4.37. The van der Waals surface area contributed by atoms with Crippen molar-refractivity contribution in [2.24, 2.45) is 0 Å². The highest BCUT2D eigenvalue weighted by molar-refractivity contribution is 9.13. The molecule has 0 aliphatic rings. The predicted octanol–water partition coefficient (Wildman–Crippen LogP) is 3.24. The highest BCUT2D eigenvalue weighted by Crippen LogP contribution is 2.16. The van der Waals surface area contributed by atoms with E-state index in [1.807, 2.05) is 30.3 Å². The fourth-order valence-electron chi connectivity index (χ4n) is 1.53. The minimum absolute atomic E-state index is 0.144. The molecule has 0 fully saturated rings. The second-order valence-electron chi connectivity index (χ2n) is 3.85. The molecule has 0 atom stereocenters. The molecule has 1 aromatic heterocycles. The zero-order chi connectivity index (χ0) is 13.7. The zero-order valence-electron chi connectivity index (χ0n) is 10.1. The minimum Gasteiger partial charge on any atom is -0.494 e. The molecule has 0 unspecified atom stereocenters. The summed E-state index contributed by atoms with van der Waals surface area (Å²) in [6.45, 7) is 1.07. The molecule has 0 aliphatic carbocycles. The largest absolute Gasteiger partial charge is 0.494 e. The second-order valence-corrected chi connectivity index (χ2v) is 5.50. The van der Waals surface area contributed by atoms with E-state index in [9.17, 15) is 4.79 Å². The Hall–Kier alpha value is -1.14. The van der Waals surface area contributed by atoms with Crippen LogP contribution >= 0.6 is 31.9 Å². The second kappa shape index (κ2) is 6.86. The van der Waals surface area contributed by atoms with E-state index < -0.39 is 0 Å². The van der Waals surface area contributed by atoms with Crippen LogP contribution in [0.1, 0.15) is 6.42 Å². The Labute approximate surface area is 127 Å². The smallest absolute Gasteiger partial charge is 0.282 e. The lowest BCUT2D eigenvalue weighted by Gasteiger charge is -2.07. The van der Waals surface area contributed by atoms with Gasteiger partial charge in [-0.15, -0.1) is 0 Å². The number of benzene rings is 1. The van der Waals surface area contributed by atoms with Crippen LogP contribution in [0.4, 0.5) is 0 Å². The van der Waals surface area contributed by atoms with Gasteiger partial charge in [0.1, 0.15) is 10.2 Å². The summed E-state index contributed by atoms with van der Waals surface area (Å²) in [6, 6.07) is 9.59. The molecule has 1 aromatic carbocycles. The van der Waals surface area contributed by atoms with Crippen LogP contribution in [0.15, 0.2) is 50.3 Å². The number of ether oxygens (including phenoxy) is 1. The molecule has 2 aromatic rings. The number of hydrogen-bond donors (Lipinski definition) is 0. The Kier molecular flexibility index (Phi) is 5.15. The lowest BCUT2D eigenvalue weighted by molar-refractivity contribution is 0.297. The normalized spacial score (nSPS) is 10.4. The summed E-state index contributed by atoms with van der Waals surface area (Å²) in [5.41, 5.74) is -0.144. The van der Waals surface area contributed by atoms with E-state index >= 15 is 0 Å². The van der Waals surface area contributed by atoms with Crippen LogP contribution in [0.5, 0.6) is 5.75 Å². The SMILES string of the molecule is O=c1c(Br)c(Br)cnn1CCCOc1ccccc1. The molecule has 2 rings (SSSR count). The molecule has 100 valence electrons. The molecule has 0 N–H and O–H groups in total. The van der Waals surface area contributed by atoms with Crippen LogP contribution in [0.25, 0.3) is 0 Å². The van der Waals surface area contributed by atoms with Crippen LogP contribution in [-0.4, -0.2) is 16.4 Å². The summed E-state index contributed by atoms with van der Waals surface area (Å²) < 4.78 is 8.13. The molecule has 0 amide bonds. The Balaban J connectivity index is 1.87. The molecule has 0 saturated heterocycles. The van der Waals surface area contributed by atoms with Crippen LogP contribution in [0.2, 0.25) is 0 Å². The van der Waals surface area contributed by atoms with Crippen molar-refractivity contribution in [2.75, 3.05) is 6.61 Å². The number of aryl methyl sites for hydroxylation is 1. The molecule has 1 heterocycles. The van der Waals surface area contributed by atoms with Crippen LogP contribution in [-0.2, 0) is 6.54 Å². The van der Waals surface area contributed by atoms with Crippen molar-refractivity contribution in [3.63, 3.8) is 0 Å². The first-order valence-corrected chi connectivity index (χ1v) is 7.36. The van der Waals surface area contributed by atoms with Crippen molar-refractivity contribution >= 4 is 31.9 Å². The molecule has 19 heavy (non-hydrogen) atoms. The van der Waals surface area contributed by atoms with Gasteiger partial charge < -0.3 is 4.74 Å². The van der Waals surface area contributed by atoms with Gasteiger partial charge in [0.25, 0.3) is 5.56 Å². The number of para-hydroxylation sites is 1. The Morgan fingerprint density at radius 1 is 1.21 bits per heavy atom. The first-order valence-electron chi connectivity index (χ1n) is 5.77. The van der Waals surface area contributed by atoms with E-state index in [0.717, 1.165) is 12.2 Å². The van der Waals surface area contributed by atoms with Gasteiger partial charge in [0, 0.05) is 13.0 Å². The fraction of sp³-hybridized carbons (Fsp3) is 0.231. The average molecular weight is 388 g/mol. The number of halogens is 2. The summed E-state index contributed by atoms with van der Waals surface area (Å²) in [5.74, 6) is 0.833. The molecule has 4 nitrogen and oxygen atoms in total. The van der Waals surface area contributed by atoms with Gasteiger partial charge in [-0.3, -0.25) is 4.79 Å². The lowest BCUT2D eigenvalue weighted by atomic mass is 10.3. The molecule has 0 saturated carbocycles. The van der Waals surface area contributed by atoms with Crippen LogP contribution < -0.4 is 10.3 Å². The molecule has 6 heteroatoms. The summed E-state index contributed by atoms with van der Waals surface area (Å²) in [5, 5.41) is 4.05. The highest BCUT2D eigenvalue weighted by atomic mass is 79.9. The number of aromatic nitrogens is 2. The van der Waals surface area contributed by atoms with Gasteiger partial charge in [0.05, 0.1) is 17.3 Å². The first kappa shape index (κ1) is 14.3. The van der Waals surface area contributed by atoms with E-state index in [2.05, 4.69) is 37.0 Å². The van der Waals surface area contributed by atoms with Crippen molar-refractivity contribution in [1.29, 1.82) is 0 Å². The minimum atomic E-state index is -0.144. The van der Waals surface area contributed by atoms with E-state index in [1.165, 1.54) is 4.68 Å². The highest BCUT2D eigenvalue weighted by Gasteiger charge is 2.06. The Morgan fingerprint density at radius 2 is 1.95 bits per heavy atom. The average Bonchev–Trinajstić information content (AvgIpc) is 2.44. The standard InChI is InChI=1S/C13H12Br2N2O2/c14-11-9-16-17(13(18)12(11)15)7-4-8-19-10-5-2-1-3-6-10/h1-3,5-6,9H,4,7-8H2. The molecule has 0 bridgehead atoms. The van der Waals surface area contributed by atoms with Crippen molar-refractivity contribution in [2.45, 2.75) is 13.0 Å². The Bertz CT molecular complexity index is 599. The summed E-state index contributed by atoms with van der Waals surface area (Å²) >= 11 is 6.47. The van der Waals surface area contributed by atoms with Crippen LogP contribution in [0.3, 0.4) is 0 Å². The number of rotatable bonds is 5. The lowest BCUT2D eigenvalue weighted by Crippen LogP contribution is -2.24. The maximum atomic E-state index is 11.8. The van der Waals surface area contributed by atoms with Gasteiger partial charge in [-0.05, 0) is 44.0 Å². The Morgan fingerprint density at radius 3 is 2.68 bits per heavy atom. The maximum absolute atomic E-state index is 11.8. The van der Waals surface area contributed by atoms with Crippen molar-refractivity contribution in [1.82, 2.24) is 9.78 Å². The topological polar surface area (TPSA) is 44.1 Å². The summed E-state index contributed by atoms with van der Waals surface area (Å²) in [7, 11) is 0. The quantitative estimate of drug-likeness (QED) is 0.739. The van der Waals surface area contributed by atoms with E-state index in [-0.39, 0.29) is 5.56 Å². The van der Waals surface area contributed by atoms with Crippen molar-refractivity contribution < 1.29 is 4.74 Å². The number of hydrogen-bond acceptors (Lipinski definition) is 3. The van der Waals surface area contributed by atoms with Gasteiger partial charge >= 0.3 is 0 Å². The van der Waals surface area contributed by atoms with E-state index in [1.54, 1.807) is 6.20 Å². The fourth-order valence-corrected chi connectivity index (χ4v) is 2.09. The summed E-state index contributed by atoms with van der Waals surface area (Å²) in [4.78, 5) is 11.8. The third kappa shape index (κ3) is 3.91. The summed E-state index contributed by atoms with van der Waals surface area (Å²) in [6.07, 6.45) is 2.32. The molecule has 0 spiro atoms. The van der Waals surface area contributed by atoms with Crippen LogP contribution in [0, 0.1) is 0 Å². The van der Waals surface area contributed by atoms with E-state index in [4.69, 9.17) is 4.74 Å². The zero-order valence-corrected chi connectivity index (χ0v) is 13.2. The predicted molar refractivity (Wildman–Crippen MR) is 80.5 cm³/mol. The molecule has 0 radical (unpaired) electrons. The maximum Gasteiger partial charge on any atom is 0.282 e. The molecular formula is C13H12Br2N2O2. The van der Waals surface area contributed by atoms with Crippen molar-refractivity contribution in [3.05, 3.63) is 55.8 Å². The van der Waals surface area contributed by atoms with E-state index in [0.29, 0.717) is 22.1 Å². The monoisotopic (exact) mass is 386 g/mol. The third-order valence-electron chi connectivity index (χ3n) is 2.47. The number of nitrogens with zero attached hydrogens (tertiary/aromatic N) is 2. The van der Waals surface area contributed by atoms with Crippen molar-refractivity contribution in [3.8, 4) is 5.75 Å². The van der Waals surface area contributed by atoms with Gasteiger partial charge in [0.2, 0.25) is 0 Å². The van der Waals surface area contributed by atoms with Gasteiger partial charge in [0.15, 0.2) is 0 Å². The van der Waals surface area contributed by atoms with Gasteiger partial charge in [-0.2, -0.15) is 5.10 Å². The first-order chi connectivity index (χ1) is 9.18. The molecular weight excluding hydrogens is 376 g/mol.